The van der Waals surface area contributed by atoms with E-state index < -0.39 is 0 Å². The molecule has 17 heavy (non-hydrogen) atoms. The molecule has 2 unspecified atom stereocenters. The van der Waals surface area contributed by atoms with E-state index in [1.807, 2.05) is 6.07 Å². The van der Waals surface area contributed by atoms with E-state index in [0.717, 1.165) is 11.5 Å². The molecule has 2 atom stereocenters. The second kappa shape index (κ2) is 5.35. The van der Waals surface area contributed by atoms with E-state index in [-0.39, 0.29) is 0 Å². The van der Waals surface area contributed by atoms with Crippen LogP contribution in [0.2, 0.25) is 0 Å². The molecule has 0 aromatic carbocycles. The van der Waals surface area contributed by atoms with E-state index in [1.54, 1.807) is 0 Å². The summed E-state index contributed by atoms with van der Waals surface area (Å²) in [4.78, 5) is 0. The van der Waals surface area contributed by atoms with E-state index in [0.29, 0.717) is 11.7 Å². The molecule has 2 heteroatoms. The van der Waals surface area contributed by atoms with Crippen molar-refractivity contribution in [1.82, 2.24) is 0 Å². The topological polar surface area (TPSA) is 29.9 Å². The summed E-state index contributed by atoms with van der Waals surface area (Å²) >= 11 is 0. The highest BCUT2D eigenvalue weighted by Crippen LogP contribution is 2.33. The lowest BCUT2D eigenvalue weighted by molar-refractivity contribution is -0.722. The smallest absolute Gasteiger partial charge is 0.178 e. The highest BCUT2D eigenvalue weighted by molar-refractivity contribution is 5.58. The number of rotatable bonds is 4. The maximum atomic E-state index is 5.75. The van der Waals surface area contributed by atoms with Gasteiger partial charge in [0.25, 0.3) is 0 Å². The molecule has 0 radical (unpaired) electrons. The zero-order valence-corrected chi connectivity index (χ0v) is 10.7. The molecule has 2 N–H and O–H groups in total. The number of nitrogens with zero attached hydrogens (tertiary/aromatic N) is 1. The Balaban J connectivity index is 2.08. The van der Waals surface area contributed by atoms with Crippen molar-refractivity contribution < 1.29 is 4.57 Å². The van der Waals surface area contributed by atoms with Gasteiger partial charge in [0.15, 0.2) is 18.4 Å². The maximum absolute atomic E-state index is 5.75. The normalized spacial score (nSPS) is 23.8. The molecule has 1 saturated carbocycles. The SMILES string of the molecule is C=C(N)c1ccc[n+](C2CCC(CCC)C2)c1. The van der Waals surface area contributed by atoms with Gasteiger partial charge in [0.1, 0.15) is 0 Å². The fourth-order valence-corrected chi connectivity index (χ4v) is 2.90. The second-order valence-corrected chi connectivity index (χ2v) is 5.19. The van der Waals surface area contributed by atoms with Crippen LogP contribution in [0.3, 0.4) is 0 Å². The molecule has 1 aliphatic rings. The van der Waals surface area contributed by atoms with Gasteiger partial charge in [-0.15, -0.1) is 0 Å². The number of nitrogens with two attached hydrogens (primary N) is 1. The van der Waals surface area contributed by atoms with Crippen LogP contribution in [0, 0.1) is 5.92 Å². The molecule has 0 aliphatic heterocycles. The molecular formula is C15H23N2+. The highest BCUT2D eigenvalue weighted by atomic mass is 15.0. The first kappa shape index (κ1) is 12.2. The first-order chi connectivity index (χ1) is 8.20. The Morgan fingerprint density at radius 2 is 2.35 bits per heavy atom. The van der Waals surface area contributed by atoms with Gasteiger partial charge in [0.05, 0.1) is 5.56 Å². The van der Waals surface area contributed by atoms with Crippen molar-refractivity contribution in [3.05, 3.63) is 36.7 Å². The summed E-state index contributed by atoms with van der Waals surface area (Å²) in [5, 5.41) is 0. The third kappa shape index (κ3) is 2.87. The minimum absolute atomic E-state index is 0.655. The number of hydrogen-bond acceptors (Lipinski definition) is 1. The number of hydrogen-bond donors (Lipinski definition) is 1. The highest BCUT2D eigenvalue weighted by Gasteiger charge is 2.30. The minimum atomic E-state index is 0.655. The Labute approximate surface area is 104 Å². The quantitative estimate of drug-likeness (QED) is 0.793. The average molecular weight is 231 g/mol. The molecule has 0 spiro atoms. The second-order valence-electron chi connectivity index (χ2n) is 5.19. The first-order valence-corrected chi connectivity index (χ1v) is 6.66. The van der Waals surface area contributed by atoms with Crippen LogP contribution in [0.25, 0.3) is 5.70 Å². The zero-order chi connectivity index (χ0) is 12.3. The van der Waals surface area contributed by atoms with Crippen molar-refractivity contribution in [3.63, 3.8) is 0 Å². The molecule has 1 fully saturated rings. The monoisotopic (exact) mass is 231 g/mol. The summed E-state index contributed by atoms with van der Waals surface area (Å²) < 4.78 is 2.32. The van der Waals surface area contributed by atoms with Crippen LogP contribution in [0.1, 0.15) is 50.6 Å². The standard InChI is InChI=1S/C15H23N2/c1-3-5-13-7-8-15(10-13)17-9-4-6-14(11-17)12(2)16/h4,6,9,11,13,15H,2-3,5,7-8,10,16H2,1H3/q+1. The molecule has 0 bridgehead atoms. The van der Waals surface area contributed by atoms with Gasteiger partial charge in [0.2, 0.25) is 0 Å². The van der Waals surface area contributed by atoms with Crippen LogP contribution in [0.5, 0.6) is 0 Å². The van der Waals surface area contributed by atoms with Gasteiger partial charge in [0, 0.05) is 24.6 Å². The first-order valence-electron chi connectivity index (χ1n) is 6.66. The fraction of sp³-hybridized carbons (Fsp3) is 0.533. The molecule has 92 valence electrons. The Hall–Kier alpha value is -1.31. The summed E-state index contributed by atoms with van der Waals surface area (Å²) in [5.41, 5.74) is 7.45. The molecule has 1 aliphatic carbocycles. The Morgan fingerprint density at radius 1 is 1.53 bits per heavy atom. The van der Waals surface area contributed by atoms with Gasteiger partial charge < -0.3 is 5.73 Å². The Bertz CT molecular complexity index is 398. The Kier molecular flexibility index (Phi) is 3.82. The van der Waals surface area contributed by atoms with Crippen molar-refractivity contribution in [1.29, 1.82) is 0 Å². The van der Waals surface area contributed by atoms with Gasteiger partial charge in [-0.1, -0.05) is 26.3 Å². The van der Waals surface area contributed by atoms with Crippen LogP contribution in [-0.2, 0) is 0 Å². The minimum Gasteiger partial charge on any atom is -0.399 e. The van der Waals surface area contributed by atoms with Gasteiger partial charge in [-0.05, 0) is 18.4 Å². The lowest BCUT2D eigenvalue weighted by Crippen LogP contribution is -2.37. The van der Waals surface area contributed by atoms with Crippen LogP contribution >= 0.6 is 0 Å². The van der Waals surface area contributed by atoms with Crippen molar-refractivity contribution in [2.24, 2.45) is 11.7 Å². The largest absolute Gasteiger partial charge is 0.399 e. The average Bonchev–Trinajstić information content (AvgIpc) is 2.78. The summed E-state index contributed by atoms with van der Waals surface area (Å²) in [5.74, 6) is 0.919. The third-order valence-corrected chi connectivity index (χ3v) is 3.83. The molecule has 1 heterocycles. The summed E-state index contributed by atoms with van der Waals surface area (Å²) in [6, 6.07) is 4.75. The molecule has 0 amide bonds. The molecular weight excluding hydrogens is 208 g/mol. The summed E-state index contributed by atoms with van der Waals surface area (Å²) in [6.45, 7) is 6.08. The van der Waals surface area contributed by atoms with E-state index in [2.05, 4.69) is 36.5 Å². The van der Waals surface area contributed by atoms with Crippen molar-refractivity contribution in [2.45, 2.75) is 45.1 Å². The third-order valence-electron chi connectivity index (χ3n) is 3.83. The van der Waals surface area contributed by atoms with Crippen LogP contribution in [0.15, 0.2) is 31.1 Å². The van der Waals surface area contributed by atoms with E-state index in [9.17, 15) is 0 Å². The lowest BCUT2D eigenvalue weighted by atomic mass is 10.0. The molecule has 2 nitrogen and oxygen atoms in total. The van der Waals surface area contributed by atoms with Crippen LogP contribution in [0.4, 0.5) is 0 Å². The molecule has 0 saturated heterocycles. The van der Waals surface area contributed by atoms with Crippen molar-refractivity contribution in [2.75, 3.05) is 0 Å². The maximum Gasteiger partial charge on any atom is 0.178 e. The summed E-state index contributed by atoms with van der Waals surface area (Å²) in [6.07, 6.45) is 11.0. The van der Waals surface area contributed by atoms with Gasteiger partial charge >= 0.3 is 0 Å². The van der Waals surface area contributed by atoms with Gasteiger partial charge in [-0.3, -0.25) is 0 Å². The fourth-order valence-electron chi connectivity index (χ4n) is 2.90. The van der Waals surface area contributed by atoms with Crippen LogP contribution in [-0.4, -0.2) is 0 Å². The number of aromatic nitrogens is 1. The molecule has 1 aromatic heterocycles. The van der Waals surface area contributed by atoms with Gasteiger partial charge in [-0.2, -0.15) is 0 Å². The Morgan fingerprint density at radius 3 is 3.06 bits per heavy atom. The van der Waals surface area contributed by atoms with E-state index >= 15 is 0 Å². The molecule has 1 aromatic rings. The number of pyridine rings is 1. The predicted molar refractivity (Wildman–Crippen MR) is 71.1 cm³/mol. The van der Waals surface area contributed by atoms with Crippen molar-refractivity contribution >= 4 is 5.70 Å². The van der Waals surface area contributed by atoms with E-state index in [4.69, 9.17) is 5.73 Å². The van der Waals surface area contributed by atoms with E-state index in [1.165, 1.54) is 32.1 Å². The molecule has 2 rings (SSSR count). The van der Waals surface area contributed by atoms with Crippen molar-refractivity contribution in [3.8, 4) is 0 Å². The summed E-state index contributed by atoms with van der Waals surface area (Å²) in [7, 11) is 0. The lowest BCUT2D eigenvalue weighted by Gasteiger charge is -2.08. The van der Waals surface area contributed by atoms with Gasteiger partial charge in [-0.25, -0.2) is 4.57 Å². The predicted octanol–water partition coefficient (Wildman–Crippen LogP) is 3.04. The van der Waals surface area contributed by atoms with Crippen LogP contribution < -0.4 is 10.3 Å². The zero-order valence-electron chi connectivity index (χ0n) is 10.7.